The summed E-state index contributed by atoms with van der Waals surface area (Å²) in [5.41, 5.74) is 1.84. The minimum Gasteiger partial charge on any atom is -0.444 e. The maximum absolute atomic E-state index is 5.57. The number of nitrogens with one attached hydrogen (secondary N) is 2. The number of likely N-dealkylation sites (N-methyl/N-ethyl adjacent to an activating group) is 1. The van der Waals surface area contributed by atoms with Gasteiger partial charge in [0, 0.05) is 25.2 Å². The molecule has 0 radical (unpaired) electrons. The zero-order valence-corrected chi connectivity index (χ0v) is 17.9. The highest BCUT2D eigenvalue weighted by Gasteiger charge is 2.32. The third-order valence-corrected chi connectivity index (χ3v) is 4.54. The monoisotopic (exact) mass is 469 g/mol. The van der Waals surface area contributed by atoms with Gasteiger partial charge in [-0.2, -0.15) is 0 Å². The fraction of sp³-hybridized carbons (Fsp3) is 0.474. The molecule has 1 aliphatic rings. The van der Waals surface area contributed by atoms with E-state index in [1.165, 1.54) is 12.8 Å². The summed E-state index contributed by atoms with van der Waals surface area (Å²) in [6.07, 6.45) is 4.35. The van der Waals surface area contributed by atoms with E-state index in [1.807, 2.05) is 30.3 Å². The van der Waals surface area contributed by atoms with Crippen molar-refractivity contribution in [1.82, 2.24) is 20.5 Å². The van der Waals surface area contributed by atoms with Crippen molar-refractivity contribution in [2.75, 3.05) is 27.7 Å². The zero-order chi connectivity index (χ0) is 17.6. The maximum Gasteiger partial charge on any atom is 0.226 e. The molecule has 0 amide bonds. The quantitative estimate of drug-likeness (QED) is 0.371. The molecule has 0 bridgehead atoms. The summed E-state index contributed by atoms with van der Waals surface area (Å²) in [6, 6.07) is 10.5. The number of benzene rings is 1. The lowest BCUT2D eigenvalue weighted by Gasteiger charge is -2.25. The molecule has 1 saturated carbocycles. The van der Waals surface area contributed by atoms with Crippen molar-refractivity contribution in [2.45, 2.75) is 25.4 Å². The highest BCUT2D eigenvalue weighted by atomic mass is 127. The van der Waals surface area contributed by atoms with Gasteiger partial charge in [0.2, 0.25) is 5.89 Å². The normalized spacial score (nSPS) is 15.5. The van der Waals surface area contributed by atoms with Gasteiger partial charge in [-0.1, -0.05) is 18.2 Å². The summed E-state index contributed by atoms with van der Waals surface area (Å²) in [7, 11) is 6.07. The first-order valence-electron chi connectivity index (χ1n) is 8.78. The van der Waals surface area contributed by atoms with Crippen molar-refractivity contribution >= 4 is 29.9 Å². The maximum atomic E-state index is 5.57. The first-order valence-corrected chi connectivity index (χ1v) is 8.78. The third kappa shape index (κ3) is 5.70. The molecule has 1 aromatic heterocycles. The average molecular weight is 469 g/mol. The first-order chi connectivity index (χ1) is 12.2. The minimum atomic E-state index is 0. The van der Waals surface area contributed by atoms with Gasteiger partial charge in [0.1, 0.15) is 6.26 Å². The number of aromatic nitrogens is 1. The molecule has 0 aliphatic heterocycles. The van der Waals surface area contributed by atoms with Gasteiger partial charge in [0.25, 0.3) is 0 Å². The molecule has 6 nitrogen and oxygen atoms in total. The standard InChI is InChI=1S/C19H27N5O.HI/c1-20-19(22-12-17(24(2)3)14-9-10-14)21-11-16-13-25-18(23-16)15-7-5-4-6-8-15;/h4-8,13-14,17H,9-12H2,1-3H3,(H2,20,21,22);1H. The van der Waals surface area contributed by atoms with E-state index in [4.69, 9.17) is 4.42 Å². The minimum absolute atomic E-state index is 0. The molecule has 0 spiro atoms. The molecular weight excluding hydrogens is 441 g/mol. The molecule has 1 aromatic carbocycles. The summed E-state index contributed by atoms with van der Waals surface area (Å²) in [5, 5.41) is 6.72. The Balaban J connectivity index is 0.00000243. The predicted octanol–water partition coefficient (Wildman–Crippen LogP) is 2.96. The lowest BCUT2D eigenvalue weighted by molar-refractivity contribution is 0.264. The van der Waals surface area contributed by atoms with Gasteiger partial charge in [-0.3, -0.25) is 4.99 Å². The zero-order valence-electron chi connectivity index (χ0n) is 15.6. The van der Waals surface area contributed by atoms with Crippen LogP contribution in [0.15, 0.2) is 46.0 Å². The van der Waals surface area contributed by atoms with Crippen LogP contribution >= 0.6 is 24.0 Å². The molecule has 26 heavy (non-hydrogen) atoms. The Morgan fingerprint density at radius 2 is 2.00 bits per heavy atom. The van der Waals surface area contributed by atoms with Crippen LogP contribution in [-0.2, 0) is 6.54 Å². The van der Waals surface area contributed by atoms with Crippen LogP contribution < -0.4 is 10.6 Å². The van der Waals surface area contributed by atoms with Gasteiger partial charge >= 0.3 is 0 Å². The van der Waals surface area contributed by atoms with E-state index in [-0.39, 0.29) is 24.0 Å². The average Bonchev–Trinajstić information content (AvgIpc) is 3.35. The van der Waals surface area contributed by atoms with Gasteiger partial charge in [-0.25, -0.2) is 4.98 Å². The molecule has 1 aliphatic carbocycles. The van der Waals surface area contributed by atoms with Crippen LogP contribution in [0.1, 0.15) is 18.5 Å². The van der Waals surface area contributed by atoms with Crippen molar-refractivity contribution in [3.63, 3.8) is 0 Å². The van der Waals surface area contributed by atoms with Crippen molar-refractivity contribution in [2.24, 2.45) is 10.9 Å². The van der Waals surface area contributed by atoms with E-state index >= 15 is 0 Å². The highest BCUT2D eigenvalue weighted by molar-refractivity contribution is 14.0. The molecular formula is C19H28IN5O. The highest BCUT2D eigenvalue weighted by Crippen LogP contribution is 2.34. The number of guanidine groups is 1. The van der Waals surface area contributed by atoms with Gasteiger partial charge < -0.3 is 20.0 Å². The molecule has 2 N–H and O–H groups in total. The number of nitrogens with zero attached hydrogens (tertiary/aromatic N) is 3. The fourth-order valence-corrected chi connectivity index (χ4v) is 2.95. The molecule has 1 atom stereocenters. The van der Waals surface area contributed by atoms with Crippen LogP contribution in [0.5, 0.6) is 0 Å². The number of hydrogen-bond donors (Lipinski definition) is 2. The number of hydrogen-bond acceptors (Lipinski definition) is 4. The Hall–Kier alpha value is -1.61. The second-order valence-electron chi connectivity index (χ2n) is 6.69. The molecule has 142 valence electrons. The van der Waals surface area contributed by atoms with Crippen LogP contribution in [0.25, 0.3) is 11.5 Å². The number of oxazole rings is 1. The lowest BCUT2D eigenvalue weighted by Crippen LogP contribution is -2.45. The third-order valence-electron chi connectivity index (χ3n) is 4.54. The lowest BCUT2D eigenvalue weighted by atomic mass is 10.1. The van der Waals surface area contributed by atoms with Crippen LogP contribution in [0.4, 0.5) is 0 Å². The Morgan fingerprint density at radius 1 is 1.27 bits per heavy atom. The molecule has 1 fully saturated rings. The first kappa shape index (κ1) is 20.7. The van der Waals surface area contributed by atoms with Gasteiger partial charge in [0.05, 0.1) is 12.2 Å². The molecule has 1 heterocycles. The van der Waals surface area contributed by atoms with Crippen LogP contribution in [0.2, 0.25) is 0 Å². The van der Waals surface area contributed by atoms with Crippen LogP contribution in [-0.4, -0.2) is 49.6 Å². The number of halogens is 1. The molecule has 1 unspecified atom stereocenters. The Bertz CT molecular complexity index is 695. The van der Waals surface area contributed by atoms with E-state index in [1.54, 1.807) is 13.3 Å². The second-order valence-corrected chi connectivity index (χ2v) is 6.69. The Morgan fingerprint density at radius 3 is 2.62 bits per heavy atom. The van der Waals surface area contributed by atoms with Crippen molar-refractivity contribution < 1.29 is 4.42 Å². The Labute approximate surface area is 172 Å². The Kier molecular flexibility index (Phi) is 7.89. The van der Waals surface area contributed by atoms with E-state index in [9.17, 15) is 0 Å². The van der Waals surface area contributed by atoms with Gasteiger partial charge in [-0.05, 0) is 45.0 Å². The predicted molar refractivity (Wildman–Crippen MR) is 116 cm³/mol. The fourth-order valence-electron chi connectivity index (χ4n) is 2.95. The number of rotatable bonds is 7. The summed E-state index contributed by atoms with van der Waals surface area (Å²) in [5.74, 6) is 2.24. The van der Waals surface area contributed by atoms with Gasteiger partial charge in [-0.15, -0.1) is 24.0 Å². The molecule has 7 heteroatoms. The van der Waals surface area contributed by atoms with Crippen LogP contribution in [0.3, 0.4) is 0 Å². The van der Waals surface area contributed by atoms with E-state index in [0.717, 1.165) is 29.7 Å². The number of aliphatic imine (C=N–C) groups is 1. The van der Waals surface area contributed by atoms with Crippen LogP contribution in [0, 0.1) is 5.92 Å². The van der Waals surface area contributed by atoms with Crippen molar-refractivity contribution in [1.29, 1.82) is 0 Å². The van der Waals surface area contributed by atoms with E-state index in [2.05, 4.69) is 39.6 Å². The summed E-state index contributed by atoms with van der Waals surface area (Å²) in [4.78, 5) is 11.1. The summed E-state index contributed by atoms with van der Waals surface area (Å²) >= 11 is 0. The summed E-state index contributed by atoms with van der Waals surface area (Å²) < 4.78 is 5.57. The second kappa shape index (κ2) is 9.91. The van der Waals surface area contributed by atoms with Crippen molar-refractivity contribution in [3.8, 4) is 11.5 Å². The topological polar surface area (TPSA) is 65.7 Å². The summed E-state index contributed by atoms with van der Waals surface area (Å²) in [6.45, 7) is 1.47. The largest absolute Gasteiger partial charge is 0.444 e. The molecule has 2 aromatic rings. The smallest absolute Gasteiger partial charge is 0.226 e. The SMILES string of the molecule is CN=C(NCc1coc(-c2ccccc2)n1)NCC(C1CC1)N(C)C.I. The van der Waals surface area contributed by atoms with E-state index in [0.29, 0.717) is 18.5 Å². The van der Waals surface area contributed by atoms with Crippen molar-refractivity contribution in [3.05, 3.63) is 42.3 Å². The molecule has 0 saturated heterocycles. The molecule has 3 rings (SSSR count). The van der Waals surface area contributed by atoms with Gasteiger partial charge in [0.15, 0.2) is 5.96 Å². The van der Waals surface area contributed by atoms with E-state index < -0.39 is 0 Å².